The van der Waals surface area contributed by atoms with E-state index in [-0.39, 0.29) is 0 Å². The van der Waals surface area contributed by atoms with Crippen molar-refractivity contribution in [3.05, 3.63) is 27.3 Å². The molecule has 4 heteroatoms. The van der Waals surface area contributed by atoms with Gasteiger partial charge in [0.15, 0.2) is 0 Å². The van der Waals surface area contributed by atoms with Crippen molar-refractivity contribution in [3.8, 4) is 6.07 Å². The van der Waals surface area contributed by atoms with Gasteiger partial charge in [0, 0.05) is 17.3 Å². The van der Waals surface area contributed by atoms with E-state index in [4.69, 9.17) is 5.26 Å². The van der Waals surface area contributed by atoms with Crippen LogP contribution in [0.3, 0.4) is 0 Å². The van der Waals surface area contributed by atoms with Crippen molar-refractivity contribution in [2.45, 2.75) is 6.92 Å². The van der Waals surface area contributed by atoms with Gasteiger partial charge in [0.05, 0.1) is 14.0 Å². The molecule has 0 radical (unpaired) electrons. The van der Waals surface area contributed by atoms with Gasteiger partial charge in [0.2, 0.25) is 0 Å². The van der Waals surface area contributed by atoms with Crippen LogP contribution in [0.15, 0.2) is 16.0 Å². The normalized spacial score (nSPS) is 10.2. The highest BCUT2D eigenvalue weighted by atomic mass is 79.9. The molecule has 2 heterocycles. The van der Waals surface area contributed by atoms with E-state index < -0.39 is 0 Å². The Kier molecular flexibility index (Phi) is 2.06. The molecule has 0 aliphatic rings. The Hall–Kier alpha value is -0.920. The summed E-state index contributed by atoms with van der Waals surface area (Å²) in [6.45, 7) is 1.95. The molecule has 0 unspecified atom stereocenters. The third-order valence-corrected chi connectivity index (χ3v) is 3.52. The van der Waals surface area contributed by atoms with Gasteiger partial charge < -0.3 is 0 Å². The lowest BCUT2D eigenvalue weighted by molar-refractivity contribution is 1.23. The van der Waals surface area contributed by atoms with E-state index in [0.29, 0.717) is 5.56 Å². The van der Waals surface area contributed by atoms with Gasteiger partial charge in [-0.3, -0.25) is 4.98 Å². The standard InChI is InChI=1S/C9H5BrN2S/c1-5-7-2-8(10)13-9(7)6(3-11)4-12-5/h2,4H,1H3. The molecule has 0 aliphatic carbocycles. The number of hydrogen-bond acceptors (Lipinski definition) is 3. The first kappa shape index (κ1) is 8.67. The Morgan fingerprint density at radius 2 is 2.38 bits per heavy atom. The summed E-state index contributed by atoms with van der Waals surface area (Å²) >= 11 is 4.98. The summed E-state index contributed by atoms with van der Waals surface area (Å²) < 4.78 is 2.05. The Morgan fingerprint density at radius 3 is 3.08 bits per heavy atom. The van der Waals surface area contributed by atoms with Crippen LogP contribution in [0.2, 0.25) is 0 Å². The fourth-order valence-electron chi connectivity index (χ4n) is 1.20. The lowest BCUT2D eigenvalue weighted by Gasteiger charge is -1.94. The number of halogens is 1. The predicted octanol–water partition coefficient (Wildman–Crippen LogP) is 3.24. The molecule has 0 fully saturated rings. The minimum Gasteiger partial charge on any atom is -0.259 e. The van der Waals surface area contributed by atoms with Crippen LogP contribution in [-0.2, 0) is 0 Å². The minimum atomic E-state index is 0.649. The monoisotopic (exact) mass is 252 g/mol. The van der Waals surface area contributed by atoms with Gasteiger partial charge in [-0.15, -0.1) is 11.3 Å². The van der Waals surface area contributed by atoms with Crippen molar-refractivity contribution in [1.82, 2.24) is 4.98 Å². The summed E-state index contributed by atoms with van der Waals surface area (Å²) in [6.07, 6.45) is 1.63. The molecule has 2 aromatic heterocycles. The average Bonchev–Trinajstić information content (AvgIpc) is 2.48. The maximum atomic E-state index is 8.84. The molecule has 0 amide bonds. The molecular weight excluding hydrogens is 248 g/mol. The van der Waals surface area contributed by atoms with Crippen LogP contribution in [0.1, 0.15) is 11.3 Å². The molecule has 0 bridgehead atoms. The topological polar surface area (TPSA) is 36.7 Å². The van der Waals surface area contributed by atoms with Crippen LogP contribution in [0.5, 0.6) is 0 Å². The predicted molar refractivity (Wildman–Crippen MR) is 56.8 cm³/mol. The van der Waals surface area contributed by atoms with E-state index >= 15 is 0 Å². The van der Waals surface area contributed by atoms with Crippen molar-refractivity contribution in [2.75, 3.05) is 0 Å². The number of nitrogens with zero attached hydrogens (tertiary/aromatic N) is 2. The second-order valence-corrected chi connectivity index (χ2v) is 5.09. The average molecular weight is 253 g/mol. The Bertz CT molecular complexity index is 510. The van der Waals surface area contributed by atoms with E-state index in [1.54, 1.807) is 17.5 Å². The lowest BCUT2D eigenvalue weighted by Crippen LogP contribution is -1.83. The maximum Gasteiger partial charge on any atom is 0.102 e. The van der Waals surface area contributed by atoms with Crippen LogP contribution in [0.4, 0.5) is 0 Å². The Balaban J connectivity index is 2.94. The number of aryl methyl sites for hydroxylation is 1. The van der Waals surface area contributed by atoms with E-state index in [9.17, 15) is 0 Å². The van der Waals surface area contributed by atoms with Gasteiger partial charge >= 0.3 is 0 Å². The molecule has 13 heavy (non-hydrogen) atoms. The van der Waals surface area contributed by atoms with Crippen LogP contribution in [0, 0.1) is 18.3 Å². The van der Waals surface area contributed by atoms with Crippen molar-refractivity contribution >= 4 is 37.4 Å². The number of hydrogen-bond donors (Lipinski definition) is 0. The van der Waals surface area contributed by atoms with Crippen molar-refractivity contribution in [1.29, 1.82) is 5.26 Å². The zero-order valence-electron chi connectivity index (χ0n) is 6.84. The smallest absolute Gasteiger partial charge is 0.102 e. The maximum absolute atomic E-state index is 8.84. The summed E-state index contributed by atoms with van der Waals surface area (Å²) in [5.41, 5.74) is 1.62. The van der Waals surface area contributed by atoms with Crippen LogP contribution in [-0.4, -0.2) is 4.98 Å². The van der Waals surface area contributed by atoms with Crippen LogP contribution >= 0.6 is 27.3 Å². The molecule has 0 aliphatic heterocycles. The van der Waals surface area contributed by atoms with E-state index in [0.717, 1.165) is 19.6 Å². The molecule has 0 aromatic carbocycles. The molecule has 64 valence electrons. The molecule has 2 rings (SSSR count). The third kappa shape index (κ3) is 1.34. The number of nitriles is 1. The van der Waals surface area contributed by atoms with Gasteiger partial charge in [-0.2, -0.15) is 5.26 Å². The van der Waals surface area contributed by atoms with Crippen molar-refractivity contribution in [2.24, 2.45) is 0 Å². The van der Waals surface area contributed by atoms with Crippen molar-refractivity contribution in [3.63, 3.8) is 0 Å². The number of rotatable bonds is 0. The van der Waals surface area contributed by atoms with Crippen LogP contribution in [0.25, 0.3) is 10.1 Å². The quantitative estimate of drug-likeness (QED) is 0.722. The molecular formula is C9H5BrN2S. The first-order chi connectivity index (χ1) is 6.22. The molecule has 0 spiro atoms. The fourth-order valence-corrected chi connectivity index (χ4v) is 2.81. The molecule has 2 aromatic rings. The largest absolute Gasteiger partial charge is 0.259 e. The van der Waals surface area contributed by atoms with Crippen molar-refractivity contribution < 1.29 is 0 Å². The zero-order chi connectivity index (χ0) is 9.42. The summed E-state index contributed by atoms with van der Waals surface area (Å²) in [5, 5.41) is 9.90. The summed E-state index contributed by atoms with van der Waals surface area (Å²) in [6, 6.07) is 4.14. The Labute approximate surface area is 88.0 Å². The number of pyridine rings is 1. The van der Waals surface area contributed by atoms with E-state index in [1.807, 2.05) is 13.0 Å². The van der Waals surface area contributed by atoms with Gasteiger partial charge in [0.25, 0.3) is 0 Å². The molecule has 0 atom stereocenters. The highest BCUT2D eigenvalue weighted by Crippen LogP contribution is 2.32. The van der Waals surface area contributed by atoms with E-state index in [1.165, 1.54) is 0 Å². The number of fused-ring (bicyclic) bond motifs is 1. The molecule has 0 saturated carbocycles. The first-order valence-electron chi connectivity index (χ1n) is 3.67. The third-order valence-electron chi connectivity index (χ3n) is 1.84. The van der Waals surface area contributed by atoms with Crippen LogP contribution < -0.4 is 0 Å². The summed E-state index contributed by atoms with van der Waals surface area (Å²) in [5.74, 6) is 0. The van der Waals surface area contributed by atoms with Gasteiger partial charge in [-0.25, -0.2) is 0 Å². The summed E-state index contributed by atoms with van der Waals surface area (Å²) in [7, 11) is 0. The fraction of sp³-hybridized carbons (Fsp3) is 0.111. The zero-order valence-corrected chi connectivity index (χ0v) is 9.24. The Morgan fingerprint density at radius 1 is 1.62 bits per heavy atom. The SMILES string of the molecule is Cc1ncc(C#N)c2sc(Br)cc12. The highest BCUT2D eigenvalue weighted by Gasteiger charge is 2.07. The molecule has 2 nitrogen and oxygen atoms in total. The molecule has 0 N–H and O–H groups in total. The first-order valence-corrected chi connectivity index (χ1v) is 5.28. The molecule has 0 saturated heterocycles. The number of aromatic nitrogens is 1. The van der Waals surface area contributed by atoms with Gasteiger partial charge in [-0.05, 0) is 28.9 Å². The number of thiophene rings is 1. The minimum absolute atomic E-state index is 0.649. The lowest BCUT2D eigenvalue weighted by atomic mass is 10.2. The highest BCUT2D eigenvalue weighted by molar-refractivity contribution is 9.11. The van der Waals surface area contributed by atoms with Gasteiger partial charge in [0.1, 0.15) is 6.07 Å². The van der Waals surface area contributed by atoms with E-state index in [2.05, 4.69) is 27.0 Å². The summed E-state index contributed by atoms with van der Waals surface area (Å²) in [4.78, 5) is 4.15. The van der Waals surface area contributed by atoms with Gasteiger partial charge in [-0.1, -0.05) is 0 Å². The second kappa shape index (κ2) is 3.09. The second-order valence-electron chi connectivity index (χ2n) is 2.66.